The molecular formula is C56H81NO8S2-2. The lowest BCUT2D eigenvalue weighted by molar-refractivity contribution is 0.0147. The number of benzene rings is 4. The van der Waals surface area contributed by atoms with Crippen LogP contribution >= 0.6 is 0 Å². The monoisotopic (exact) mass is 960 g/mol. The van der Waals surface area contributed by atoms with Gasteiger partial charge in [-0.1, -0.05) is 189 Å². The predicted molar refractivity (Wildman–Crippen MR) is 274 cm³/mol. The quantitative estimate of drug-likeness (QED) is 0.0244. The zero-order chi connectivity index (χ0) is 48.1. The molecule has 0 bridgehead atoms. The van der Waals surface area contributed by atoms with E-state index in [9.17, 15) is 25.9 Å². The minimum atomic E-state index is -4.31. The predicted octanol–water partition coefficient (Wildman–Crippen LogP) is 13.3. The van der Waals surface area contributed by atoms with Gasteiger partial charge in [-0.25, -0.2) is 16.8 Å². The molecule has 0 aromatic heterocycles. The molecule has 4 aromatic rings. The molecule has 0 aliphatic carbocycles. The van der Waals surface area contributed by atoms with Crippen molar-refractivity contribution in [2.75, 3.05) is 42.7 Å². The van der Waals surface area contributed by atoms with E-state index in [-0.39, 0.29) is 12.8 Å². The Morgan fingerprint density at radius 2 is 0.881 bits per heavy atom. The summed E-state index contributed by atoms with van der Waals surface area (Å²) in [5.41, 5.74) is 5.51. The third-order valence-electron chi connectivity index (χ3n) is 12.8. The Morgan fingerprint density at radius 3 is 1.39 bits per heavy atom. The van der Waals surface area contributed by atoms with Crippen LogP contribution in [0.1, 0.15) is 177 Å². The third-order valence-corrected chi connectivity index (χ3v) is 14.4. The van der Waals surface area contributed by atoms with Crippen molar-refractivity contribution >= 4 is 25.9 Å². The van der Waals surface area contributed by atoms with Gasteiger partial charge in [-0.2, -0.15) is 0 Å². The number of rotatable bonds is 38. The van der Waals surface area contributed by atoms with Crippen LogP contribution in [0.5, 0.6) is 5.75 Å². The smallest absolute Gasteiger partial charge is 0.143 e. The Balaban J connectivity index is 1.51. The molecule has 1 atom stereocenters. The topological polar surface area (TPSA) is 136 Å². The van der Waals surface area contributed by atoms with E-state index in [1.165, 1.54) is 108 Å². The molecule has 372 valence electrons. The number of hydrogen-bond acceptors (Lipinski definition) is 9. The van der Waals surface area contributed by atoms with Crippen molar-refractivity contribution in [1.29, 1.82) is 0 Å². The molecule has 0 spiro atoms. The van der Waals surface area contributed by atoms with Crippen molar-refractivity contribution in [3.8, 4) is 5.75 Å². The van der Waals surface area contributed by atoms with Gasteiger partial charge in [0.25, 0.3) is 0 Å². The van der Waals surface area contributed by atoms with Crippen molar-refractivity contribution in [1.82, 2.24) is 0 Å². The summed E-state index contributed by atoms with van der Waals surface area (Å²) in [4.78, 5) is 2.05. The summed E-state index contributed by atoms with van der Waals surface area (Å²) in [6.45, 7) is 6.61. The summed E-state index contributed by atoms with van der Waals surface area (Å²) in [6.07, 6.45) is 24.9. The third kappa shape index (κ3) is 22.0. The number of anilines is 1. The van der Waals surface area contributed by atoms with Crippen molar-refractivity contribution in [2.45, 2.75) is 167 Å². The lowest BCUT2D eigenvalue weighted by Gasteiger charge is -2.36. The molecule has 1 unspecified atom stereocenters. The van der Waals surface area contributed by atoms with Gasteiger partial charge in [0.05, 0.1) is 33.5 Å². The molecule has 0 aliphatic rings. The van der Waals surface area contributed by atoms with Crippen LogP contribution in [0.2, 0.25) is 0 Å². The maximum absolute atomic E-state index is 11.2. The second-order valence-electron chi connectivity index (χ2n) is 18.4. The number of aryl methyl sites for hydroxylation is 1. The van der Waals surface area contributed by atoms with Crippen molar-refractivity contribution in [3.63, 3.8) is 0 Å². The van der Waals surface area contributed by atoms with Gasteiger partial charge >= 0.3 is 0 Å². The largest absolute Gasteiger partial charge is 0.748 e. The van der Waals surface area contributed by atoms with Crippen LogP contribution in [-0.2, 0) is 43.4 Å². The first-order chi connectivity index (χ1) is 32.4. The zero-order valence-corrected chi connectivity index (χ0v) is 42.5. The van der Waals surface area contributed by atoms with Gasteiger partial charge < -0.3 is 23.5 Å². The lowest BCUT2D eigenvalue weighted by atomic mass is 9.79. The highest BCUT2D eigenvalue weighted by Crippen LogP contribution is 2.41. The fourth-order valence-electron chi connectivity index (χ4n) is 8.91. The van der Waals surface area contributed by atoms with Gasteiger partial charge in [-0.3, -0.25) is 0 Å². The molecule has 0 aliphatic heterocycles. The maximum atomic E-state index is 11.2. The van der Waals surface area contributed by atoms with Gasteiger partial charge in [-0.15, -0.1) is 0 Å². The molecule has 0 saturated carbocycles. The molecule has 4 rings (SSSR count). The Morgan fingerprint density at radius 1 is 0.448 bits per heavy atom. The Bertz CT molecular complexity index is 2010. The number of nitrogens with zero attached hydrogens (tertiary/aromatic N) is 1. The Hall–Kier alpha value is -3.74. The van der Waals surface area contributed by atoms with Gasteiger partial charge in [0.2, 0.25) is 0 Å². The van der Waals surface area contributed by atoms with Gasteiger partial charge in [0.1, 0.15) is 11.4 Å². The molecule has 0 radical (unpaired) electrons. The van der Waals surface area contributed by atoms with Crippen molar-refractivity contribution < 1.29 is 35.4 Å². The molecule has 11 heteroatoms. The van der Waals surface area contributed by atoms with E-state index < -0.39 is 37.3 Å². The standard InChI is InChI=1S/C56H83NO8S2/c1-3-5-7-9-11-13-14-16-19-27-49-30-34-52(35-31-49)56(51-28-20-18-21-29-51,53-36-40-55(41-37-53)64-45-24-17-15-12-10-8-6-4-2)65-46-42-50-32-38-54(39-33-50)57(43-22-25-47-66(58,59)60)44-23-26-48-67(61,62)63/h18,20-21,28-41H,3-17,19,22-27,42-48H2,1-2H3,(H,58,59,60)(H,61,62,63)/p-2. The average molecular weight is 960 g/mol. The first-order valence-electron chi connectivity index (χ1n) is 25.7. The van der Waals surface area contributed by atoms with E-state index in [1.54, 1.807) is 0 Å². The minimum Gasteiger partial charge on any atom is -0.748 e. The molecule has 9 nitrogen and oxygen atoms in total. The zero-order valence-electron chi connectivity index (χ0n) is 40.9. The van der Waals surface area contributed by atoms with E-state index >= 15 is 0 Å². The van der Waals surface area contributed by atoms with Crippen molar-refractivity contribution in [2.24, 2.45) is 0 Å². The Labute approximate surface area is 406 Å². The van der Waals surface area contributed by atoms with Crippen LogP contribution in [-0.4, -0.2) is 63.8 Å². The number of hydrogen-bond donors (Lipinski definition) is 0. The summed E-state index contributed by atoms with van der Waals surface area (Å²) in [5.74, 6) is -0.0104. The minimum absolute atomic E-state index is 0.229. The van der Waals surface area contributed by atoms with E-state index in [0.717, 1.165) is 46.5 Å². The SMILES string of the molecule is CCCCCCCCCCCc1ccc(C(OCCc2ccc(N(CCCCS(=O)(=O)[O-])CCCCS(=O)(=O)[O-])cc2)(c2ccccc2)c2ccc(OCCCCCCCCCC)cc2)cc1. The molecule has 0 fully saturated rings. The summed E-state index contributed by atoms with van der Waals surface area (Å²) in [6, 6.07) is 36.0. The van der Waals surface area contributed by atoms with Gasteiger partial charge in [0, 0.05) is 30.3 Å². The summed E-state index contributed by atoms with van der Waals surface area (Å²) in [7, 11) is -8.63. The van der Waals surface area contributed by atoms with Crippen LogP contribution in [0.4, 0.5) is 5.69 Å². The first kappa shape index (κ1) is 55.9. The highest BCUT2D eigenvalue weighted by Gasteiger charge is 2.37. The summed E-state index contributed by atoms with van der Waals surface area (Å²) in [5, 5.41) is 0. The van der Waals surface area contributed by atoms with Gasteiger partial charge in [-0.05, 0) is 103 Å². The lowest BCUT2D eigenvalue weighted by Crippen LogP contribution is -2.33. The average Bonchev–Trinajstić information content (AvgIpc) is 3.32. The highest BCUT2D eigenvalue weighted by atomic mass is 32.2. The summed E-state index contributed by atoms with van der Waals surface area (Å²) >= 11 is 0. The molecular weight excluding hydrogens is 879 g/mol. The molecule has 0 amide bonds. The normalized spacial score (nSPS) is 12.8. The van der Waals surface area contributed by atoms with Crippen LogP contribution in [0.25, 0.3) is 0 Å². The second-order valence-corrected chi connectivity index (χ2v) is 21.4. The molecule has 0 N–H and O–H groups in total. The van der Waals surface area contributed by atoms with E-state index in [1.807, 2.05) is 18.2 Å². The van der Waals surface area contributed by atoms with Crippen LogP contribution in [0.3, 0.4) is 0 Å². The first-order valence-corrected chi connectivity index (χ1v) is 28.8. The number of ether oxygens (including phenoxy) is 2. The summed E-state index contributed by atoms with van der Waals surface area (Å²) < 4.78 is 80.8. The maximum Gasteiger partial charge on any atom is 0.143 e. The van der Waals surface area contributed by atoms with Crippen LogP contribution < -0.4 is 9.64 Å². The van der Waals surface area contributed by atoms with E-state index in [2.05, 4.69) is 104 Å². The fourth-order valence-corrected chi connectivity index (χ4v) is 10.0. The Kier molecular flexibility index (Phi) is 26.2. The van der Waals surface area contributed by atoms with E-state index in [0.29, 0.717) is 45.6 Å². The number of unbranched alkanes of at least 4 members (excludes halogenated alkanes) is 17. The second kappa shape index (κ2) is 31.4. The molecule has 0 saturated heterocycles. The fraction of sp³-hybridized carbons (Fsp3) is 0.571. The highest BCUT2D eigenvalue weighted by molar-refractivity contribution is 7.85. The van der Waals surface area contributed by atoms with Crippen molar-refractivity contribution in [3.05, 3.63) is 131 Å². The van der Waals surface area contributed by atoms with Crippen LogP contribution in [0.15, 0.2) is 103 Å². The van der Waals surface area contributed by atoms with Crippen LogP contribution in [0, 0.1) is 0 Å². The molecule has 4 aromatic carbocycles. The van der Waals surface area contributed by atoms with Gasteiger partial charge in [0.15, 0.2) is 0 Å². The van der Waals surface area contributed by atoms with E-state index in [4.69, 9.17) is 9.47 Å². The molecule has 0 heterocycles. The molecule has 67 heavy (non-hydrogen) atoms.